The van der Waals surface area contributed by atoms with Gasteiger partial charge in [-0.15, -0.1) is 0 Å². The molecule has 0 saturated carbocycles. The van der Waals surface area contributed by atoms with Crippen LogP contribution in [0, 0.1) is 5.82 Å². The Hall–Kier alpha value is -3.81. The summed E-state index contributed by atoms with van der Waals surface area (Å²) in [6.45, 7) is 0.197. The van der Waals surface area contributed by atoms with Gasteiger partial charge in [-0.2, -0.15) is 0 Å². The topological polar surface area (TPSA) is 66.5 Å². The maximum atomic E-state index is 14.5. The first-order chi connectivity index (χ1) is 17.4. The molecule has 0 bridgehead atoms. The molecule has 0 aromatic heterocycles. The van der Waals surface area contributed by atoms with Crippen LogP contribution in [0.5, 0.6) is 0 Å². The molecular formula is C28H20ClFN2O3S. The van der Waals surface area contributed by atoms with Gasteiger partial charge in [0, 0.05) is 22.7 Å². The third-order valence-corrected chi connectivity index (χ3v) is 7.68. The average Bonchev–Trinajstić information content (AvgIpc) is 2.98. The molecule has 1 atom stereocenters. The minimum absolute atomic E-state index is 0.0834. The maximum Gasteiger partial charge on any atom is 0.259 e. The summed E-state index contributed by atoms with van der Waals surface area (Å²) in [4.78, 5) is 28.7. The van der Waals surface area contributed by atoms with Crippen LogP contribution in [-0.2, 0) is 23.9 Å². The molecule has 1 aliphatic rings. The molecule has 1 aliphatic heterocycles. The summed E-state index contributed by atoms with van der Waals surface area (Å²) < 4.78 is 28.1. The van der Waals surface area contributed by atoms with E-state index in [-0.39, 0.29) is 30.1 Å². The monoisotopic (exact) mass is 518 g/mol. The van der Waals surface area contributed by atoms with E-state index in [9.17, 15) is 18.2 Å². The van der Waals surface area contributed by atoms with Crippen molar-refractivity contribution in [2.45, 2.75) is 22.9 Å². The van der Waals surface area contributed by atoms with Crippen molar-refractivity contribution in [2.24, 2.45) is 0 Å². The molecule has 0 unspecified atom stereocenters. The SMILES string of the molecule is O=C(NCc1ccc(Cl)cc1)c1ccc2c(c1)N(Cc1ccccc1F)C(=O)c1ccccc1[S@@]2=O. The van der Waals surface area contributed by atoms with Crippen molar-refractivity contribution in [2.75, 3.05) is 4.90 Å². The highest BCUT2D eigenvalue weighted by molar-refractivity contribution is 7.85. The fourth-order valence-electron chi connectivity index (χ4n) is 4.05. The molecule has 1 N–H and O–H groups in total. The minimum Gasteiger partial charge on any atom is -0.348 e. The number of rotatable bonds is 5. The molecule has 4 aromatic rings. The number of amides is 2. The van der Waals surface area contributed by atoms with Crippen LogP contribution in [0.25, 0.3) is 0 Å². The second kappa shape index (κ2) is 10.0. The van der Waals surface area contributed by atoms with Crippen LogP contribution in [0.1, 0.15) is 31.8 Å². The van der Waals surface area contributed by atoms with E-state index >= 15 is 0 Å². The number of carbonyl (C=O) groups is 2. The van der Waals surface area contributed by atoms with Crippen LogP contribution >= 0.6 is 11.6 Å². The largest absolute Gasteiger partial charge is 0.348 e. The molecule has 4 aromatic carbocycles. The zero-order valence-corrected chi connectivity index (χ0v) is 20.5. The number of nitrogens with zero attached hydrogens (tertiary/aromatic N) is 1. The minimum atomic E-state index is -1.67. The molecule has 5 rings (SSSR count). The van der Waals surface area contributed by atoms with Gasteiger partial charge in [-0.25, -0.2) is 8.60 Å². The van der Waals surface area contributed by atoms with E-state index in [2.05, 4.69) is 5.32 Å². The Morgan fingerprint density at radius 1 is 0.917 bits per heavy atom. The van der Waals surface area contributed by atoms with Gasteiger partial charge in [0.25, 0.3) is 11.8 Å². The lowest BCUT2D eigenvalue weighted by Gasteiger charge is -2.24. The average molecular weight is 519 g/mol. The van der Waals surface area contributed by atoms with E-state index in [4.69, 9.17) is 11.6 Å². The molecule has 36 heavy (non-hydrogen) atoms. The standard InChI is InChI=1S/C28H20ClFN2O3S/c29-21-12-9-18(10-13-21)16-31-27(33)19-11-14-26-24(15-19)32(17-20-5-1-3-7-23(20)30)28(34)22-6-2-4-8-25(22)36(26)35/h1-15H,16-17H2,(H,31,33)/t36-/m0/s1. The Morgan fingerprint density at radius 3 is 2.42 bits per heavy atom. The summed E-state index contributed by atoms with van der Waals surface area (Å²) in [5.41, 5.74) is 2.04. The third kappa shape index (κ3) is 4.67. The third-order valence-electron chi connectivity index (χ3n) is 5.93. The lowest BCUT2D eigenvalue weighted by atomic mass is 10.1. The molecule has 0 fully saturated rings. The molecule has 1 heterocycles. The predicted octanol–water partition coefficient (Wildman–Crippen LogP) is 5.74. The molecule has 180 valence electrons. The van der Waals surface area contributed by atoms with Crippen LogP contribution < -0.4 is 10.2 Å². The highest BCUT2D eigenvalue weighted by atomic mass is 35.5. The summed E-state index contributed by atoms with van der Waals surface area (Å²) in [7, 11) is -1.67. The number of hydrogen-bond donors (Lipinski definition) is 1. The Bertz CT molecular complexity index is 1510. The summed E-state index contributed by atoms with van der Waals surface area (Å²) in [6, 6.07) is 24.7. The number of halogens is 2. The number of nitrogens with one attached hydrogen (secondary N) is 1. The van der Waals surface area contributed by atoms with Gasteiger partial charge in [0.2, 0.25) is 0 Å². The second-order valence-electron chi connectivity index (χ2n) is 8.24. The highest BCUT2D eigenvalue weighted by Gasteiger charge is 2.32. The van der Waals surface area contributed by atoms with E-state index in [1.165, 1.54) is 17.0 Å². The zero-order valence-electron chi connectivity index (χ0n) is 18.9. The Kier molecular flexibility index (Phi) is 6.67. The van der Waals surface area contributed by atoms with Gasteiger partial charge in [-0.05, 0) is 54.1 Å². The van der Waals surface area contributed by atoms with Crippen molar-refractivity contribution in [1.82, 2.24) is 5.32 Å². The van der Waals surface area contributed by atoms with E-state index in [1.54, 1.807) is 66.7 Å². The van der Waals surface area contributed by atoms with E-state index in [0.717, 1.165) is 5.56 Å². The number of anilines is 1. The van der Waals surface area contributed by atoms with Crippen molar-refractivity contribution in [3.63, 3.8) is 0 Å². The van der Waals surface area contributed by atoms with Crippen molar-refractivity contribution in [1.29, 1.82) is 0 Å². The Morgan fingerprint density at radius 2 is 1.64 bits per heavy atom. The smallest absolute Gasteiger partial charge is 0.259 e. The van der Waals surface area contributed by atoms with Crippen LogP contribution in [0.2, 0.25) is 5.02 Å². The van der Waals surface area contributed by atoms with Crippen molar-refractivity contribution < 1.29 is 18.2 Å². The number of benzene rings is 4. The molecule has 2 amide bonds. The van der Waals surface area contributed by atoms with E-state index in [0.29, 0.717) is 26.1 Å². The van der Waals surface area contributed by atoms with Gasteiger partial charge in [0.05, 0.1) is 38.4 Å². The maximum absolute atomic E-state index is 14.5. The molecule has 0 aliphatic carbocycles. The first kappa shape index (κ1) is 23.9. The van der Waals surface area contributed by atoms with Crippen LogP contribution in [-0.4, -0.2) is 16.0 Å². The lowest BCUT2D eigenvalue weighted by Crippen LogP contribution is -2.31. The van der Waals surface area contributed by atoms with Crippen molar-refractivity contribution in [3.8, 4) is 0 Å². The van der Waals surface area contributed by atoms with Crippen LogP contribution in [0.15, 0.2) is 101 Å². The second-order valence-corrected chi connectivity index (χ2v) is 10.1. The Labute approximate surface area is 215 Å². The molecular weight excluding hydrogens is 499 g/mol. The fourth-order valence-corrected chi connectivity index (χ4v) is 5.52. The number of hydrogen-bond acceptors (Lipinski definition) is 3. The molecule has 0 radical (unpaired) electrons. The predicted molar refractivity (Wildman–Crippen MR) is 137 cm³/mol. The van der Waals surface area contributed by atoms with Crippen LogP contribution in [0.3, 0.4) is 0 Å². The lowest BCUT2D eigenvalue weighted by molar-refractivity contribution is 0.0947. The highest BCUT2D eigenvalue weighted by Crippen LogP contribution is 2.36. The van der Waals surface area contributed by atoms with Gasteiger partial charge in [-0.3, -0.25) is 9.59 Å². The number of carbonyl (C=O) groups excluding carboxylic acids is 2. The normalized spacial score (nSPS) is 14.6. The van der Waals surface area contributed by atoms with E-state index in [1.807, 2.05) is 12.1 Å². The van der Waals surface area contributed by atoms with E-state index < -0.39 is 22.5 Å². The molecule has 5 nitrogen and oxygen atoms in total. The summed E-state index contributed by atoms with van der Waals surface area (Å²) in [5.74, 6) is -1.24. The quantitative estimate of drug-likeness (QED) is 0.366. The summed E-state index contributed by atoms with van der Waals surface area (Å²) in [5, 5.41) is 3.45. The van der Waals surface area contributed by atoms with Gasteiger partial charge in [0.1, 0.15) is 5.82 Å². The fraction of sp³-hybridized carbons (Fsp3) is 0.0714. The van der Waals surface area contributed by atoms with Gasteiger partial charge >= 0.3 is 0 Å². The van der Waals surface area contributed by atoms with Gasteiger partial charge < -0.3 is 10.2 Å². The summed E-state index contributed by atoms with van der Waals surface area (Å²) >= 11 is 5.92. The number of fused-ring (bicyclic) bond motifs is 2. The van der Waals surface area contributed by atoms with Crippen molar-refractivity contribution in [3.05, 3.63) is 124 Å². The summed E-state index contributed by atoms with van der Waals surface area (Å²) in [6.07, 6.45) is 0. The first-order valence-electron chi connectivity index (χ1n) is 11.1. The van der Waals surface area contributed by atoms with Gasteiger partial charge in [0.15, 0.2) is 0 Å². The van der Waals surface area contributed by atoms with Crippen molar-refractivity contribution >= 4 is 39.9 Å². The molecule has 8 heteroatoms. The van der Waals surface area contributed by atoms with Gasteiger partial charge in [-0.1, -0.05) is 54.1 Å². The van der Waals surface area contributed by atoms with Crippen LogP contribution in [0.4, 0.5) is 10.1 Å². The molecule has 0 saturated heterocycles. The first-order valence-corrected chi connectivity index (χ1v) is 12.7. The zero-order chi connectivity index (χ0) is 25.2. The molecule has 0 spiro atoms. The Balaban J connectivity index is 1.54.